The Balaban J connectivity index is 2.26. The molecule has 1 aromatic heterocycles. The fraction of sp³-hybridized carbons (Fsp3) is 0.706. The van der Waals surface area contributed by atoms with E-state index >= 15 is 0 Å². The van der Waals surface area contributed by atoms with Crippen molar-refractivity contribution in [2.24, 2.45) is 0 Å². The normalized spacial score (nSPS) is 25.5. The molecule has 1 aromatic rings. The lowest BCUT2D eigenvalue weighted by molar-refractivity contribution is -0.0892. The lowest BCUT2D eigenvalue weighted by Crippen LogP contribution is -2.59. The van der Waals surface area contributed by atoms with Gasteiger partial charge in [0.15, 0.2) is 0 Å². The summed E-state index contributed by atoms with van der Waals surface area (Å²) in [5.41, 5.74) is 0.385. The number of halogens is 1. The van der Waals surface area contributed by atoms with Crippen LogP contribution in [0, 0.1) is 0 Å². The van der Waals surface area contributed by atoms with Gasteiger partial charge in [0.25, 0.3) is 5.56 Å². The van der Waals surface area contributed by atoms with E-state index in [-0.39, 0.29) is 17.2 Å². The highest BCUT2D eigenvalue weighted by Crippen LogP contribution is 2.35. The molecule has 1 fully saturated rings. The molecule has 0 amide bonds. The molecular formula is C17H27ClN2O2. The summed E-state index contributed by atoms with van der Waals surface area (Å²) in [6.45, 7) is 7.92. The van der Waals surface area contributed by atoms with Crippen LogP contribution in [0.1, 0.15) is 52.9 Å². The van der Waals surface area contributed by atoms with Gasteiger partial charge < -0.3 is 14.6 Å². The Labute approximate surface area is 137 Å². The predicted octanol–water partition coefficient (Wildman–Crippen LogP) is 3.98. The van der Waals surface area contributed by atoms with Gasteiger partial charge in [0.2, 0.25) is 0 Å². The fourth-order valence-electron chi connectivity index (χ4n) is 3.46. The summed E-state index contributed by atoms with van der Waals surface area (Å²) in [7, 11) is 0. The van der Waals surface area contributed by atoms with Gasteiger partial charge in [-0.15, -0.1) is 0 Å². The van der Waals surface area contributed by atoms with Crippen LogP contribution in [-0.2, 0) is 4.74 Å². The zero-order valence-electron chi connectivity index (χ0n) is 13.8. The van der Waals surface area contributed by atoms with E-state index in [0.29, 0.717) is 17.3 Å². The molecule has 0 bridgehead atoms. The van der Waals surface area contributed by atoms with Gasteiger partial charge in [-0.1, -0.05) is 44.7 Å². The molecule has 124 valence electrons. The minimum absolute atomic E-state index is 0.0864. The monoisotopic (exact) mass is 326 g/mol. The van der Waals surface area contributed by atoms with Crippen LogP contribution in [0.25, 0.3) is 0 Å². The van der Waals surface area contributed by atoms with Crippen LogP contribution in [0.4, 0.5) is 5.69 Å². The number of morpholine rings is 1. The quantitative estimate of drug-likeness (QED) is 0.804. The zero-order chi connectivity index (χ0) is 16.2. The van der Waals surface area contributed by atoms with Gasteiger partial charge >= 0.3 is 0 Å². The number of nitrogens with one attached hydrogen (secondary N) is 1. The Bertz CT molecular complexity index is 546. The van der Waals surface area contributed by atoms with Crippen LogP contribution in [0.2, 0.25) is 5.02 Å². The first-order valence-electron chi connectivity index (χ1n) is 8.33. The van der Waals surface area contributed by atoms with Crippen molar-refractivity contribution in [1.82, 2.24) is 4.98 Å². The van der Waals surface area contributed by atoms with E-state index in [9.17, 15) is 4.79 Å². The minimum atomic E-state index is -0.178. The maximum absolute atomic E-state index is 12.2. The van der Waals surface area contributed by atoms with Gasteiger partial charge in [-0.25, -0.2) is 0 Å². The van der Waals surface area contributed by atoms with Crippen molar-refractivity contribution in [3.05, 3.63) is 27.6 Å². The second kappa shape index (κ2) is 7.51. The average Bonchev–Trinajstić information content (AvgIpc) is 2.52. The number of H-pyrrole nitrogens is 1. The lowest BCUT2D eigenvalue weighted by atomic mass is 9.84. The first kappa shape index (κ1) is 17.4. The van der Waals surface area contributed by atoms with E-state index in [1.165, 1.54) is 19.0 Å². The molecule has 0 aliphatic carbocycles. The Hall–Kier alpha value is -1.00. The second-order valence-electron chi connectivity index (χ2n) is 6.13. The van der Waals surface area contributed by atoms with Crippen molar-refractivity contribution in [2.45, 2.75) is 64.5 Å². The first-order chi connectivity index (χ1) is 10.5. The smallest absolute Gasteiger partial charge is 0.271 e. The average molecular weight is 327 g/mol. The maximum Gasteiger partial charge on any atom is 0.271 e. The molecule has 0 saturated carbocycles. The Kier molecular flexibility index (Phi) is 5.93. The molecular weight excluding hydrogens is 300 g/mol. The highest BCUT2D eigenvalue weighted by molar-refractivity contribution is 6.30. The molecule has 0 aromatic carbocycles. The van der Waals surface area contributed by atoms with Crippen molar-refractivity contribution in [3.63, 3.8) is 0 Å². The van der Waals surface area contributed by atoms with Gasteiger partial charge in [0, 0.05) is 12.7 Å². The predicted molar refractivity (Wildman–Crippen MR) is 92.0 cm³/mol. The molecule has 2 unspecified atom stereocenters. The molecule has 1 N–H and O–H groups in total. The van der Waals surface area contributed by atoms with E-state index in [1.54, 1.807) is 6.07 Å². The van der Waals surface area contributed by atoms with Gasteiger partial charge in [0.1, 0.15) is 5.69 Å². The number of rotatable bonds is 6. The number of nitrogens with zero attached hydrogens (tertiary/aromatic N) is 1. The number of pyridine rings is 1. The molecule has 1 saturated heterocycles. The van der Waals surface area contributed by atoms with Gasteiger partial charge in [-0.05, 0) is 25.8 Å². The molecule has 22 heavy (non-hydrogen) atoms. The van der Waals surface area contributed by atoms with Crippen LogP contribution in [-0.4, -0.2) is 29.8 Å². The van der Waals surface area contributed by atoms with Crippen molar-refractivity contribution in [3.8, 4) is 0 Å². The van der Waals surface area contributed by atoms with Gasteiger partial charge in [-0.3, -0.25) is 4.79 Å². The molecule has 2 rings (SSSR count). The number of unbranched alkanes of at least 4 members (excludes halogenated alkanes) is 2. The Morgan fingerprint density at radius 1 is 1.45 bits per heavy atom. The van der Waals surface area contributed by atoms with Crippen molar-refractivity contribution >= 4 is 17.3 Å². The zero-order valence-corrected chi connectivity index (χ0v) is 14.6. The van der Waals surface area contributed by atoms with Crippen LogP contribution < -0.4 is 10.5 Å². The standard InChI is InChI=1S/C17H27ClN2O2/c1-4-6-7-8-17(5-2)13(3)20(9-10-22-17)15-11-14(18)12-19-16(15)21/h11-13H,4-10H2,1-3H3,(H,19,21). The summed E-state index contributed by atoms with van der Waals surface area (Å²) in [4.78, 5) is 17.0. The molecule has 0 radical (unpaired) electrons. The first-order valence-corrected chi connectivity index (χ1v) is 8.70. The third kappa shape index (κ3) is 3.49. The topological polar surface area (TPSA) is 45.3 Å². The number of hydrogen-bond donors (Lipinski definition) is 1. The van der Waals surface area contributed by atoms with Gasteiger partial charge in [-0.2, -0.15) is 0 Å². The molecule has 5 heteroatoms. The Morgan fingerprint density at radius 3 is 2.91 bits per heavy atom. The Morgan fingerprint density at radius 2 is 2.23 bits per heavy atom. The summed E-state index contributed by atoms with van der Waals surface area (Å²) in [6, 6.07) is 1.91. The third-order valence-corrected chi connectivity index (χ3v) is 5.13. The summed E-state index contributed by atoms with van der Waals surface area (Å²) in [5, 5.41) is 0.557. The highest BCUT2D eigenvalue weighted by Gasteiger charge is 2.42. The number of anilines is 1. The maximum atomic E-state index is 12.2. The van der Waals surface area contributed by atoms with E-state index in [0.717, 1.165) is 25.8 Å². The highest BCUT2D eigenvalue weighted by atomic mass is 35.5. The van der Waals surface area contributed by atoms with Crippen molar-refractivity contribution in [1.29, 1.82) is 0 Å². The van der Waals surface area contributed by atoms with Crippen LogP contribution in [0.15, 0.2) is 17.1 Å². The summed E-state index contributed by atoms with van der Waals surface area (Å²) >= 11 is 6.06. The number of hydrogen-bond acceptors (Lipinski definition) is 3. The summed E-state index contributed by atoms with van der Waals surface area (Å²) in [6.07, 6.45) is 7.10. The number of aromatic amines is 1. The van der Waals surface area contributed by atoms with Crippen molar-refractivity contribution in [2.75, 3.05) is 18.1 Å². The molecule has 2 atom stereocenters. The van der Waals surface area contributed by atoms with E-state index in [1.807, 2.05) is 0 Å². The van der Waals surface area contributed by atoms with E-state index < -0.39 is 0 Å². The van der Waals surface area contributed by atoms with Crippen LogP contribution in [0.5, 0.6) is 0 Å². The number of aromatic nitrogens is 1. The SMILES string of the molecule is CCCCCC1(CC)OCCN(c2cc(Cl)c[nH]c2=O)C1C. The van der Waals surface area contributed by atoms with E-state index in [4.69, 9.17) is 16.3 Å². The largest absolute Gasteiger partial charge is 0.371 e. The third-order valence-electron chi connectivity index (χ3n) is 4.91. The van der Waals surface area contributed by atoms with E-state index in [2.05, 4.69) is 30.7 Å². The fourth-order valence-corrected chi connectivity index (χ4v) is 3.62. The molecule has 1 aliphatic rings. The second-order valence-corrected chi connectivity index (χ2v) is 6.56. The van der Waals surface area contributed by atoms with Gasteiger partial charge in [0.05, 0.1) is 23.3 Å². The minimum Gasteiger partial charge on any atom is -0.371 e. The number of ether oxygens (including phenoxy) is 1. The summed E-state index contributed by atoms with van der Waals surface area (Å²) in [5.74, 6) is 0. The summed E-state index contributed by atoms with van der Waals surface area (Å²) < 4.78 is 6.21. The molecule has 4 nitrogen and oxygen atoms in total. The molecule has 1 aliphatic heterocycles. The molecule has 0 spiro atoms. The van der Waals surface area contributed by atoms with Crippen molar-refractivity contribution < 1.29 is 4.74 Å². The van der Waals surface area contributed by atoms with Crippen LogP contribution >= 0.6 is 11.6 Å². The molecule has 2 heterocycles. The van der Waals surface area contributed by atoms with Crippen LogP contribution in [0.3, 0.4) is 0 Å². The lowest BCUT2D eigenvalue weighted by Gasteiger charge is -2.49.